The Kier molecular flexibility index (Phi) is 8.30. The van der Waals surface area contributed by atoms with Gasteiger partial charge in [0.15, 0.2) is 0 Å². The van der Waals surface area contributed by atoms with Gasteiger partial charge < -0.3 is 9.80 Å². The first-order valence-electron chi connectivity index (χ1n) is 23.4. The molecule has 1 aliphatic carbocycles. The van der Waals surface area contributed by atoms with Crippen molar-refractivity contribution in [3.05, 3.63) is 170 Å². The van der Waals surface area contributed by atoms with Gasteiger partial charge in [-0.15, -0.1) is 0 Å². The Labute approximate surface area is 386 Å². The molecule has 2 unspecified atom stereocenters. The maximum absolute atomic E-state index is 2.72. The normalized spacial score (nSPS) is 20.3. The average Bonchev–Trinajstić information content (AvgIpc) is 3.32. The second-order valence-corrected chi connectivity index (χ2v) is 21.6. The molecule has 1 saturated carbocycles. The van der Waals surface area contributed by atoms with E-state index in [4.69, 9.17) is 0 Å². The monoisotopic (exact) mass is 854 g/mol. The number of nitrogens with zero attached hydrogens (tertiary/aromatic N) is 2. The highest BCUT2D eigenvalue weighted by molar-refractivity contribution is 8.01. The molecule has 14 rings (SSSR count). The van der Waals surface area contributed by atoms with Crippen LogP contribution < -0.4 is 53.5 Å². The van der Waals surface area contributed by atoms with Crippen molar-refractivity contribution >= 4 is 121 Å². The van der Waals surface area contributed by atoms with Crippen LogP contribution in [0.5, 0.6) is 0 Å². The molecule has 2 atom stereocenters. The number of hydrogen-bond donors (Lipinski definition) is 0. The highest BCUT2D eigenvalue weighted by atomic mass is 32.2. The summed E-state index contributed by atoms with van der Waals surface area (Å²) in [5, 5.41) is 0. The van der Waals surface area contributed by atoms with Gasteiger partial charge in [0.25, 0.3) is 6.71 Å². The van der Waals surface area contributed by atoms with Crippen molar-refractivity contribution in [2.45, 2.75) is 59.0 Å². The lowest BCUT2D eigenvalue weighted by Crippen LogP contribution is -2.68. The minimum Gasteiger partial charge on any atom is -0.312 e. The Bertz CT molecular complexity index is 3250. The zero-order chi connectivity index (χ0) is 42.4. The Morgan fingerprint density at radius 2 is 0.953 bits per heavy atom. The minimum absolute atomic E-state index is 0.0916. The average molecular weight is 855 g/mol. The van der Waals surface area contributed by atoms with Crippen LogP contribution in [-0.2, 0) is 0 Å². The zero-order valence-corrected chi connectivity index (χ0v) is 38.0. The van der Waals surface area contributed by atoms with Gasteiger partial charge in [0.05, 0.1) is 5.69 Å². The van der Waals surface area contributed by atoms with Crippen LogP contribution in [0.2, 0.25) is 5.82 Å². The first kappa shape index (κ1) is 37.6. The van der Waals surface area contributed by atoms with E-state index in [1.807, 2.05) is 23.5 Å². The first-order chi connectivity index (χ1) is 31.5. The summed E-state index contributed by atoms with van der Waals surface area (Å²) < 4.78 is 0. The Balaban J connectivity index is 1.05. The fourth-order valence-electron chi connectivity index (χ4n) is 13.6. The molecule has 7 heteroatoms. The number of fused-ring (bicyclic) bond motifs is 12. The van der Waals surface area contributed by atoms with E-state index in [1.165, 1.54) is 116 Å². The number of rotatable bonds is 3. The third-order valence-corrected chi connectivity index (χ3v) is 18.1. The van der Waals surface area contributed by atoms with Crippen molar-refractivity contribution in [1.29, 1.82) is 0 Å². The summed E-state index contributed by atoms with van der Waals surface area (Å²) in [6.07, 6.45) is 2.62. The molecule has 1 fully saturated rings. The lowest BCUT2D eigenvalue weighted by Gasteiger charge is -2.49. The van der Waals surface area contributed by atoms with E-state index in [1.54, 1.807) is 5.46 Å². The summed E-state index contributed by atoms with van der Waals surface area (Å²) in [4.78, 5) is 10.9. The summed E-state index contributed by atoms with van der Waals surface area (Å²) in [6.45, 7) is 8.17. The topological polar surface area (TPSA) is 6.48 Å². The quantitative estimate of drug-likeness (QED) is 0.163. The SMILES string of the molecule is CC1CC(C)C(B2c3ccccc3Sc3cc4c(cc32)B2c3ccccc3N3c5ccccc5B5c6ccccc6N(c6ccccc6-c6ccccc6)c6cc(c2c3c65)S4)C(C)C1. The zero-order valence-electron chi connectivity index (χ0n) is 36.3. The van der Waals surface area contributed by atoms with Gasteiger partial charge in [0.1, 0.15) is 0 Å². The van der Waals surface area contributed by atoms with Crippen LogP contribution in [0.4, 0.5) is 34.1 Å². The predicted molar refractivity (Wildman–Crippen MR) is 277 cm³/mol. The molecule has 5 heterocycles. The molecule has 5 aliphatic heterocycles. The number of hydrogen-bond acceptors (Lipinski definition) is 4. The van der Waals surface area contributed by atoms with E-state index in [9.17, 15) is 0 Å². The second-order valence-electron chi connectivity index (χ2n) is 19.4. The molecular formula is C57H45B3N2S2. The van der Waals surface area contributed by atoms with Crippen LogP contribution in [0, 0.1) is 17.8 Å². The highest BCUT2D eigenvalue weighted by Gasteiger charge is 2.51. The highest BCUT2D eigenvalue weighted by Crippen LogP contribution is 2.51. The molecular weight excluding hydrogens is 809 g/mol. The van der Waals surface area contributed by atoms with Gasteiger partial charge in [-0.3, -0.25) is 0 Å². The lowest BCUT2D eigenvalue weighted by molar-refractivity contribution is 0.231. The smallest absolute Gasteiger partial charge is 0.252 e. The van der Waals surface area contributed by atoms with Gasteiger partial charge in [-0.1, -0.05) is 188 Å². The second kappa shape index (κ2) is 14.1. The molecule has 0 spiro atoms. The summed E-state index contributed by atoms with van der Waals surface area (Å²) in [7, 11) is 0. The minimum atomic E-state index is 0.0916. The van der Waals surface area contributed by atoms with E-state index in [0.717, 1.165) is 5.92 Å². The molecule has 0 radical (unpaired) electrons. The predicted octanol–water partition coefficient (Wildman–Crippen LogP) is 9.88. The van der Waals surface area contributed by atoms with Crippen LogP contribution in [0.15, 0.2) is 189 Å². The third kappa shape index (κ3) is 5.23. The van der Waals surface area contributed by atoms with Crippen LogP contribution in [-0.4, -0.2) is 20.1 Å². The van der Waals surface area contributed by atoms with Crippen LogP contribution in [0.3, 0.4) is 0 Å². The Hall–Kier alpha value is -5.75. The maximum atomic E-state index is 2.72. The summed E-state index contributed by atoms with van der Waals surface area (Å²) in [5.74, 6) is 2.70. The lowest BCUT2D eigenvalue weighted by atomic mass is 9.27. The molecule has 0 aromatic heterocycles. The van der Waals surface area contributed by atoms with Gasteiger partial charge in [0, 0.05) is 53.6 Å². The number of para-hydroxylation sites is 4. The molecule has 0 bridgehead atoms. The van der Waals surface area contributed by atoms with Crippen molar-refractivity contribution in [3.63, 3.8) is 0 Å². The van der Waals surface area contributed by atoms with Crippen molar-refractivity contribution in [1.82, 2.24) is 0 Å². The summed E-state index contributed by atoms with van der Waals surface area (Å²) in [5.41, 5.74) is 21.8. The van der Waals surface area contributed by atoms with Crippen molar-refractivity contribution < 1.29 is 0 Å². The molecule has 2 nitrogen and oxygen atoms in total. The first-order valence-corrected chi connectivity index (χ1v) is 25.0. The molecule has 64 heavy (non-hydrogen) atoms. The Morgan fingerprint density at radius 1 is 0.422 bits per heavy atom. The molecule has 0 N–H and O–H groups in total. The van der Waals surface area contributed by atoms with E-state index in [2.05, 4.69) is 200 Å². The van der Waals surface area contributed by atoms with E-state index < -0.39 is 0 Å². The van der Waals surface area contributed by atoms with Crippen molar-refractivity contribution in [3.8, 4) is 11.1 Å². The van der Waals surface area contributed by atoms with Gasteiger partial charge in [0.2, 0.25) is 13.4 Å². The molecule has 0 amide bonds. The molecule has 8 aromatic carbocycles. The van der Waals surface area contributed by atoms with Crippen LogP contribution in [0.1, 0.15) is 33.6 Å². The van der Waals surface area contributed by atoms with Crippen molar-refractivity contribution in [2.24, 2.45) is 17.8 Å². The number of anilines is 6. The Morgan fingerprint density at radius 3 is 1.64 bits per heavy atom. The fourth-order valence-corrected chi connectivity index (χ4v) is 16.0. The van der Waals surface area contributed by atoms with E-state index >= 15 is 0 Å². The third-order valence-electron chi connectivity index (χ3n) is 15.8. The fraction of sp³-hybridized carbons (Fsp3) is 0.158. The largest absolute Gasteiger partial charge is 0.312 e. The maximum Gasteiger partial charge on any atom is 0.252 e. The van der Waals surface area contributed by atoms with E-state index in [0.29, 0.717) is 24.4 Å². The standard InChI is InChI=1S/C57H45B3N2S2/c1-34-29-35(2)54(36(3)30-34)60-42-23-11-16-28-50(42)63-51-33-52-43(31-44(51)60)59-41-22-10-15-27-48(41)62-47-26-14-9-21-40(47)58-39-20-8-13-25-46(39)61(49-32-53(64-52)56(59)57(62)55(49)58)45-24-12-7-19-38(45)37-17-5-4-6-18-37/h4-28,31-36,54H,29-30H2,1-3H3. The molecule has 0 saturated heterocycles. The molecule has 304 valence electrons. The van der Waals surface area contributed by atoms with Gasteiger partial charge in [-0.25, -0.2) is 0 Å². The van der Waals surface area contributed by atoms with Crippen molar-refractivity contribution in [2.75, 3.05) is 9.80 Å². The number of benzene rings is 8. The van der Waals surface area contributed by atoms with Crippen LogP contribution in [0.25, 0.3) is 11.1 Å². The summed E-state index contributed by atoms with van der Waals surface area (Å²) >= 11 is 4.01. The van der Waals surface area contributed by atoms with Gasteiger partial charge in [-0.05, 0) is 112 Å². The molecule has 8 aromatic rings. The molecule has 6 aliphatic rings. The van der Waals surface area contributed by atoms with Crippen LogP contribution >= 0.6 is 23.5 Å². The van der Waals surface area contributed by atoms with Gasteiger partial charge in [-0.2, -0.15) is 0 Å². The van der Waals surface area contributed by atoms with Gasteiger partial charge >= 0.3 is 0 Å². The summed E-state index contributed by atoms with van der Waals surface area (Å²) in [6, 6.07) is 65.1. The van der Waals surface area contributed by atoms with E-state index in [-0.39, 0.29) is 13.4 Å².